The topological polar surface area (TPSA) is 101 Å². The maximum atomic E-state index is 12.1. The summed E-state index contributed by atoms with van der Waals surface area (Å²) in [6, 6.07) is -0.0448. The average molecular weight is 400 g/mol. The van der Waals surface area contributed by atoms with Crippen LogP contribution in [-0.2, 0) is 9.53 Å². The van der Waals surface area contributed by atoms with Crippen LogP contribution in [-0.4, -0.2) is 51.1 Å². The van der Waals surface area contributed by atoms with E-state index >= 15 is 0 Å². The standard InChI is InChI=1S/C20H28N6O3/c1-6-15(27)24-16-13(2)22-18-17(21-9-11-26(16)18)25-10-7-8-14(12-25)23-19(28)29-20(3,4)5/h6,9,11,14H,1,7-8,10,12H2,2-5H3,(H,23,28)(H,24,27)/t14-/m1/s1. The third kappa shape index (κ3) is 4.85. The fourth-order valence-electron chi connectivity index (χ4n) is 3.38. The van der Waals surface area contributed by atoms with Crippen molar-refractivity contribution >= 4 is 29.3 Å². The quantitative estimate of drug-likeness (QED) is 0.765. The summed E-state index contributed by atoms with van der Waals surface area (Å²) in [5.41, 5.74) is 0.808. The molecule has 2 aromatic heterocycles. The van der Waals surface area contributed by atoms with Gasteiger partial charge in [-0.15, -0.1) is 0 Å². The van der Waals surface area contributed by atoms with Crippen molar-refractivity contribution in [3.63, 3.8) is 0 Å². The van der Waals surface area contributed by atoms with Crippen LogP contribution in [0.3, 0.4) is 0 Å². The maximum absolute atomic E-state index is 12.1. The van der Waals surface area contributed by atoms with Crippen LogP contribution in [0, 0.1) is 6.92 Å². The Labute approximate surface area is 170 Å². The summed E-state index contributed by atoms with van der Waals surface area (Å²) in [6.45, 7) is 12.3. The number of aromatic nitrogens is 3. The van der Waals surface area contributed by atoms with Crippen LogP contribution in [0.1, 0.15) is 39.3 Å². The number of fused-ring (bicyclic) bond motifs is 1. The summed E-state index contributed by atoms with van der Waals surface area (Å²) in [7, 11) is 0. The second-order valence-electron chi connectivity index (χ2n) is 8.12. The molecule has 2 amide bonds. The number of ether oxygens (including phenoxy) is 1. The van der Waals surface area contributed by atoms with Crippen LogP contribution in [0.4, 0.5) is 16.4 Å². The zero-order valence-electron chi connectivity index (χ0n) is 17.4. The number of carbonyl (C=O) groups excluding carboxylic acids is 2. The number of rotatable bonds is 4. The molecule has 0 saturated carbocycles. The molecule has 1 fully saturated rings. The molecule has 1 atom stereocenters. The van der Waals surface area contributed by atoms with Gasteiger partial charge in [-0.05, 0) is 46.6 Å². The van der Waals surface area contributed by atoms with Crippen LogP contribution >= 0.6 is 0 Å². The Morgan fingerprint density at radius 2 is 2.14 bits per heavy atom. The second-order valence-corrected chi connectivity index (χ2v) is 8.12. The summed E-state index contributed by atoms with van der Waals surface area (Å²) in [4.78, 5) is 35.1. The molecule has 0 bridgehead atoms. The fourth-order valence-corrected chi connectivity index (χ4v) is 3.38. The summed E-state index contributed by atoms with van der Waals surface area (Å²) >= 11 is 0. The number of piperidine rings is 1. The molecule has 0 unspecified atom stereocenters. The number of nitrogens with one attached hydrogen (secondary N) is 2. The summed E-state index contributed by atoms with van der Waals surface area (Å²) in [5.74, 6) is 1.01. The highest BCUT2D eigenvalue weighted by molar-refractivity contribution is 5.99. The lowest BCUT2D eigenvalue weighted by atomic mass is 10.1. The predicted molar refractivity (Wildman–Crippen MR) is 111 cm³/mol. The monoisotopic (exact) mass is 400 g/mol. The van der Waals surface area contributed by atoms with Crippen LogP contribution in [0.2, 0.25) is 0 Å². The van der Waals surface area contributed by atoms with Gasteiger partial charge in [0.1, 0.15) is 11.4 Å². The number of alkyl carbamates (subject to hydrolysis) is 1. The zero-order chi connectivity index (χ0) is 21.2. The van der Waals surface area contributed by atoms with Crippen molar-refractivity contribution in [1.82, 2.24) is 19.7 Å². The van der Waals surface area contributed by atoms with Gasteiger partial charge in [-0.1, -0.05) is 6.58 Å². The molecule has 0 aromatic carbocycles. The molecule has 29 heavy (non-hydrogen) atoms. The van der Waals surface area contributed by atoms with Crippen LogP contribution in [0.25, 0.3) is 5.65 Å². The van der Waals surface area contributed by atoms with E-state index < -0.39 is 11.7 Å². The van der Waals surface area contributed by atoms with Gasteiger partial charge < -0.3 is 20.3 Å². The molecular formula is C20H28N6O3. The van der Waals surface area contributed by atoms with E-state index in [0.29, 0.717) is 29.5 Å². The molecule has 9 heteroatoms. The minimum atomic E-state index is -0.536. The Morgan fingerprint density at radius 3 is 2.83 bits per heavy atom. The minimum absolute atomic E-state index is 0.0448. The van der Waals surface area contributed by atoms with Crippen LogP contribution in [0.5, 0.6) is 0 Å². The Balaban J connectivity index is 1.81. The van der Waals surface area contributed by atoms with Gasteiger partial charge in [-0.25, -0.2) is 14.8 Å². The van der Waals surface area contributed by atoms with Crippen molar-refractivity contribution in [3.8, 4) is 0 Å². The first-order valence-corrected chi connectivity index (χ1v) is 9.69. The molecule has 1 aliphatic rings. The Kier molecular flexibility index (Phi) is 5.76. The van der Waals surface area contributed by atoms with Crippen molar-refractivity contribution in [2.45, 2.75) is 52.2 Å². The molecule has 3 rings (SSSR count). The molecular weight excluding hydrogens is 372 g/mol. The number of aryl methyl sites for hydroxylation is 1. The Bertz CT molecular complexity index is 930. The third-order valence-corrected chi connectivity index (χ3v) is 4.57. The largest absolute Gasteiger partial charge is 0.444 e. The molecule has 156 valence electrons. The summed E-state index contributed by atoms with van der Waals surface area (Å²) < 4.78 is 7.18. The predicted octanol–water partition coefficient (Wildman–Crippen LogP) is 2.66. The number of carbonyl (C=O) groups is 2. The van der Waals surface area contributed by atoms with Gasteiger partial charge >= 0.3 is 6.09 Å². The van der Waals surface area contributed by atoms with E-state index in [1.807, 2.05) is 32.1 Å². The number of hydrogen-bond acceptors (Lipinski definition) is 6. The SMILES string of the molecule is C=CC(=O)Nc1c(C)nc2c(N3CCC[C@@H](NC(=O)OC(C)(C)C)C3)nccn12. The molecule has 0 aliphatic carbocycles. The van der Waals surface area contributed by atoms with Gasteiger partial charge in [-0.2, -0.15) is 0 Å². The maximum Gasteiger partial charge on any atom is 0.407 e. The number of imidazole rings is 1. The Morgan fingerprint density at radius 1 is 1.38 bits per heavy atom. The number of anilines is 2. The first-order valence-electron chi connectivity index (χ1n) is 9.69. The molecule has 0 radical (unpaired) electrons. The fraction of sp³-hybridized carbons (Fsp3) is 0.500. The summed E-state index contributed by atoms with van der Waals surface area (Å²) in [5, 5.41) is 5.74. The van der Waals surface area contributed by atoms with E-state index in [1.54, 1.807) is 12.4 Å². The average Bonchev–Trinajstić information content (AvgIpc) is 2.95. The normalized spacial score (nSPS) is 17.1. The van der Waals surface area contributed by atoms with E-state index in [0.717, 1.165) is 19.4 Å². The van der Waals surface area contributed by atoms with E-state index in [1.165, 1.54) is 6.08 Å². The van der Waals surface area contributed by atoms with Crippen molar-refractivity contribution in [1.29, 1.82) is 0 Å². The molecule has 1 aliphatic heterocycles. The van der Waals surface area contributed by atoms with Crippen molar-refractivity contribution in [2.75, 3.05) is 23.3 Å². The highest BCUT2D eigenvalue weighted by Gasteiger charge is 2.27. The lowest BCUT2D eigenvalue weighted by Crippen LogP contribution is -2.49. The third-order valence-electron chi connectivity index (χ3n) is 4.57. The van der Waals surface area contributed by atoms with Gasteiger partial charge in [0.15, 0.2) is 11.5 Å². The van der Waals surface area contributed by atoms with E-state index in [4.69, 9.17) is 4.74 Å². The van der Waals surface area contributed by atoms with Crippen LogP contribution < -0.4 is 15.5 Å². The zero-order valence-corrected chi connectivity index (χ0v) is 17.4. The van der Waals surface area contributed by atoms with E-state index in [2.05, 4.69) is 32.1 Å². The highest BCUT2D eigenvalue weighted by atomic mass is 16.6. The summed E-state index contributed by atoms with van der Waals surface area (Å²) in [6.07, 6.45) is 6.02. The van der Waals surface area contributed by atoms with Gasteiger partial charge in [0.25, 0.3) is 0 Å². The van der Waals surface area contributed by atoms with E-state index in [9.17, 15) is 9.59 Å². The lowest BCUT2D eigenvalue weighted by Gasteiger charge is -2.34. The number of hydrogen-bond donors (Lipinski definition) is 2. The second kappa shape index (κ2) is 8.10. The number of amides is 2. The number of nitrogens with zero attached hydrogens (tertiary/aromatic N) is 4. The van der Waals surface area contributed by atoms with Gasteiger partial charge in [0.05, 0.1) is 5.69 Å². The van der Waals surface area contributed by atoms with Gasteiger partial charge in [-0.3, -0.25) is 9.20 Å². The lowest BCUT2D eigenvalue weighted by molar-refractivity contribution is -0.111. The van der Waals surface area contributed by atoms with Crippen molar-refractivity contribution in [2.24, 2.45) is 0 Å². The van der Waals surface area contributed by atoms with Crippen LogP contribution in [0.15, 0.2) is 25.0 Å². The molecule has 2 N–H and O–H groups in total. The first kappa shape index (κ1) is 20.6. The molecule has 3 heterocycles. The Hall–Kier alpha value is -3.10. The minimum Gasteiger partial charge on any atom is -0.444 e. The highest BCUT2D eigenvalue weighted by Crippen LogP contribution is 2.26. The molecule has 0 spiro atoms. The molecule has 2 aromatic rings. The smallest absolute Gasteiger partial charge is 0.407 e. The van der Waals surface area contributed by atoms with E-state index in [-0.39, 0.29) is 11.9 Å². The van der Waals surface area contributed by atoms with Gasteiger partial charge in [0.2, 0.25) is 5.91 Å². The molecule has 1 saturated heterocycles. The van der Waals surface area contributed by atoms with Crippen molar-refractivity contribution < 1.29 is 14.3 Å². The van der Waals surface area contributed by atoms with Crippen molar-refractivity contribution in [3.05, 3.63) is 30.7 Å². The van der Waals surface area contributed by atoms with Gasteiger partial charge in [0, 0.05) is 31.5 Å². The molecule has 9 nitrogen and oxygen atoms in total. The first-order chi connectivity index (χ1) is 13.7.